The molecule has 1 atom stereocenters. The number of aliphatic imine (C=N–C) groups is 1. The first-order chi connectivity index (χ1) is 13.0. The van der Waals surface area contributed by atoms with E-state index in [4.69, 9.17) is 10.7 Å². The number of guanidine groups is 1. The second kappa shape index (κ2) is 10.5. The molecular formula is C20H31N5O2. The van der Waals surface area contributed by atoms with Crippen molar-refractivity contribution in [3.63, 3.8) is 0 Å². The summed E-state index contributed by atoms with van der Waals surface area (Å²) < 4.78 is 0. The number of likely N-dealkylation sites (tertiary alicyclic amines) is 1. The van der Waals surface area contributed by atoms with E-state index in [1.54, 1.807) is 0 Å². The Balaban J connectivity index is 2.07. The number of benzene rings is 1. The number of carbonyl (C=O) groups is 2. The highest BCUT2D eigenvalue weighted by Crippen LogP contribution is 2.19. The van der Waals surface area contributed by atoms with E-state index in [9.17, 15) is 9.59 Å². The third kappa shape index (κ3) is 6.58. The van der Waals surface area contributed by atoms with Crippen LogP contribution in [0.1, 0.15) is 49.0 Å². The Morgan fingerprint density at radius 2 is 2.04 bits per heavy atom. The van der Waals surface area contributed by atoms with Gasteiger partial charge in [0.1, 0.15) is 0 Å². The smallest absolute Gasteiger partial charge is 0.251 e. The summed E-state index contributed by atoms with van der Waals surface area (Å²) >= 11 is 0. The molecule has 1 unspecified atom stereocenters. The summed E-state index contributed by atoms with van der Waals surface area (Å²) in [4.78, 5) is 30.2. The van der Waals surface area contributed by atoms with Crippen LogP contribution in [0.4, 0.5) is 0 Å². The van der Waals surface area contributed by atoms with Gasteiger partial charge >= 0.3 is 0 Å². The Morgan fingerprint density at radius 3 is 2.74 bits per heavy atom. The Morgan fingerprint density at radius 1 is 1.26 bits per heavy atom. The average molecular weight is 374 g/mol. The highest BCUT2D eigenvalue weighted by molar-refractivity contribution is 5.94. The lowest BCUT2D eigenvalue weighted by Gasteiger charge is -2.34. The molecule has 0 radical (unpaired) electrons. The number of primary amides is 1. The van der Waals surface area contributed by atoms with Crippen LogP contribution in [0.15, 0.2) is 29.3 Å². The van der Waals surface area contributed by atoms with Crippen LogP contribution in [-0.4, -0.2) is 48.9 Å². The molecule has 2 amide bonds. The molecule has 2 rings (SSSR count). The number of nitrogens with zero attached hydrogens (tertiary/aromatic N) is 2. The molecule has 4 N–H and O–H groups in total. The standard InChI is InChI=1S/C20H31N5O2/c1-3-22-19(27)17-9-5-7-15(11-17)13-24-20(23-4-2)25-10-6-8-16(14-25)12-18(21)26/h5,7,9,11,16H,3-4,6,8,10,12-14H2,1-2H3,(H2,21,26)(H,22,27)(H,23,24). The van der Waals surface area contributed by atoms with Crippen molar-refractivity contribution in [2.24, 2.45) is 16.6 Å². The van der Waals surface area contributed by atoms with Crippen LogP contribution in [0.25, 0.3) is 0 Å². The summed E-state index contributed by atoms with van der Waals surface area (Å²) in [5.41, 5.74) is 7.00. The highest BCUT2D eigenvalue weighted by Gasteiger charge is 2.23. The van der Waals surface area contributed by atoms with Crippen LogP contribution in [0.3, 0.4) is 0 Å². The van der Waals surface area contributed by atoms with Gasteiger partial charge in [0, 0.05) is 38.2 Å². The molecule has 1 fully saturated rings. The quantitative estimate of drug-likeness (QED) is 0.498. The number of hydrogen-bond donors (Lipinski definition) is 3. The fraction of sp³-hybridized carbons (Fsp3) is 0.550. The Kier molecular flexibility index (Phi) is 8.10. The number of rotatable bonds is 7. The lowest BCUT2D eigenvalue weighted by atomic mass is 9.95. The molecule has 1 aliphatic rings. The molecule has 1 heterocycles. The van der Waals surface area contributed by atoms with Crippen molar-refractivity contribution in [1.29, 1.82) is 0 Å². The maximum Gasteiger partial charge on any atom is 0.251 e. The van der Waals surface area contributed by atoms with E-state index < -0.39 is 0 Å². The van der Waals surface area contributed by atoms with E-state index in [-0.39, 0.29) is 17.7 Å². The summed E-state index contributed by atoms with van der Waals surface area (Å²) in [6.45, 7) is 7.51. The molecule has 1 saturated heterocycles. The maximum atomic E-state index is 12.0. The lowest BCUT2D eigenvalue weighted by molar-refractivity contribution is -0.119. The summed E-state index contributed by atoms with van der Waals surface area (Å²) in [7, 11) is 0. The van der Waals surface area contributed by atoms with Gasteiger partial charge in [-0.05, 0) is 50.3 Å². The van der Waals surface area contributed by atoms with E-state index >= 15 is 0 Å². The first-order valence-electron chi connectivity index (χ1n) is 9.72. The van der Waals surface area contributed by atoms with Gasteiger partial charge in [0.15, 0.2) is 5.96 Å². The predicted octanol–water partition coefficient (Wildman–Crippen LogP) is 1.49. The number of nitrogens with two attached hydrogens (primary N) is 1. The van der Waals surface area contributed by atoms with Crippen LogP contribution in [0, 0.1) is 5.92 Å². The number of amides is 2. The summed E-state index contributed by atoms with van der Waals surface area (Å²) in [5.74, 6) is 0.808. The number of hydrogen-bond acceptors (Lipinski definition) is 3. The second-order valence-corrected chi connectivity index (χ2v) is 6.85. The average Bonchev–Trinajstić information content (AvgIpc) is 2.65. The van der Waals surface area contributed by atoms with Gasteiger partial charge in [-0.15, -0.1) is 0 Å². The van der Waals surface area contributed by atoms with Crippen molar-refractivity contribution in [2.75, 3.05) is 26.2 Å². The van der Waals surface area contributed by atoms with E-state index in [0.29, 0.717) is 25.1 Å². The van der Waals surface area contributed by atoms with E-state index in [1.807, 2.05) is 38.1 Å². The first-order valence-corrected chi connectivity index (χ1v) is 9.72. The molecule has 0 aliphatic carbocycles. The van der Waals surface area contributed by atoms with Gasteiger partial charge in [0.25, 0.3) is 5.91 Å². The number of nitrogens with one attached hydrogen (secondary N) is 2. The van der Waals surface area contributed by atoms with Gasteiger partial charge in [-0.3, -0.25) is 9.59 Å². The van der Waals surface area contributed by atoms with E-state index in [1.165, 1.54) is 0 Å². The Labute approximate surface area is 161 Å². The van der Waals surface area contributed by atoms with Crippen LogP contribution in [-0.2, 0) is 11.3 Å². The maximum absolute atomic E-state index is 12.0. The fourth-order valence-corrected chi connectivity index (χ4v) is 3.37. The predicted molar refractivity (Wildman–Crippen MR) is 107 cm³/mol. The van der Waals surface area contributed by atoms with E-state index in [2.05, 4.69) is 15.5 Å². The molecule has 7 heteroatoms. The van der Waals surface area contributed by atoms with Gasteiger partial charge in [-0.2, -0.15) is 0 Å². The summed E-state index contributed by atoms with van der Waals surface area (Å²) in [6.07, 6.45) is 2.47. The molecule has 0 spiro atoms. The first kappa shape index (κ1) is 20.7. The van der Waals surface area contributed by atoms with Gasteiger partial charge < -0.3 is 21.3 Å². The van der Waals surface area contributed by atoms with Crippen molar-refractivity contribution in [3.05, 3.63) is 35.4 Å². The Hall–Kier alpha value is -2.57. The van der Waals surface area contributed by atoms with Crippen LogP contribution in [0.5, 0.6) is 0 Å². The van der Waals surface area contributed by atoms with Crippen molar-refractivity contribution in [2.45, 2.75) is 39.7 Å². The van der Waals surface area contributed by atoms with E-state index in [0.717, 1.165) is 44.0 Å². The largest absolute Gasteiger partial charge is 0.370 e. The molecule has 0 aromatic heterocycles. The van der Waals surface area contributed by atoms with Crippen LogP contribution < -0.4 is 16.4 Å². The third-order valence-electron chi connectivity index (χ3n) is 4.58. The van der Waals surface area contributed by atoms with Crippen LogP contribution in [0.2, 0.25) is 0 Å². The van der Waals surface area contributed by atoms with Crippen molar-refractivity contribution in [1.82, 2.24) is 15.5 Å². The van der Waals surface area contributed by atoms with Crippen molar-refractivity contribution >= 4 is 17.8 Å². The van der Waals surface area contributed by atoms with Crippen LogP contribution >= 0.6 is 0 Å². The Bertz CT molecular complexity index is 674. The highest BCUT2D eigenvalue weighted by atomic mass is 16.2. The SMILES string of the molecule is CCNC(=O)c1cccc(CN=C(NCC)N2CCCC(CC(N)=O)C2)c1. The lowest BCUT2D eigenvalue weighted by Crippen LogP contribution is -2.47. The minimum absolute atomic E-state index is 0.0689. The molecule has 1 aromatic carbocycles. The zero-order valence-electron chi connectivity index (χ0n) is 16.3. The molecule has 0 saturated carbocycles. The zero-order chi connectivity index (χ0) is 19.6. The normalized spacial score (nSPS) is 17.5. The number of carbonyl (C=O) groups excluding carboxylic acids is 2. The molecule has 1 aromatic rings. The molecule has 0 bridgehead atoms. The van der Waals surface area contributed by atoms with Gasteiger partial charge in [-0.25, -0.2) is 4.99 Å². The van der Waals surface area contributed by atoms with Crippen molar-refractivity contribution < 1.29 is 9.59 Å². The monoisotopic (exact) mass is 373 g/mol. The fourth-order valence-electron chi connectivity index (χ4n) is 3.37. The molecule has 27 heavy (non-hydrogen) atoms. The molecule has 7 nitrogen and oxygen atoms in total. The third-order valence-corrected chi connectivity index (χ3v) is 4.58. The minimum Gasteiger partial charge on any atom is -0.370 e. The van der Waals surface area contributed by atoms with Gasteiger partial charge in [-0.1, -0.05) is 12.1 Å². The molecule has 148 valence electrons. The summed E-state index contributed by atoms with van der Waals surface area (Å²) in [5, 5.41) is 6.15. The van der Waals surface area contributed by atoms with Gasteiger partial charge in [0.05, 0.1) is 6.54 Å². The minimum atomic E-state index is -0.244. The zero-order valence-corrected chi connectivity index (χ0v) is 16.3. The van der Waals surface area contributed by atoms with Gasteiger partial charge in [0.2, 0.25) is 5.91 Å². The number of piperidine rings is 1. The molecule has 1 aliphatic heterocycles. The topological polar surface area (TPSA) is 99.8 Å². The second-order valence-electron chi connectivity index (χ2n) is 6.85. The van der Waals surface area contributed by atoms with Crippen molar-refractivity contribution in [3.8, 4) is 0 Å². The molecular weight excluding hydrogens is 342 g/mol. The summed E-state index contributed by atoms with van der Waals surface area (Å²) in [6, 6.07) is 7.54.